The molecule has 114 valence electrons. The molecule has 0 bridgehead atoms. The first kappa shape index (κ1) is 15.2. The van der Waals surface area contributed by atoms with Gasteiger partial charge in [-0.3, -0.25) is 14.7 Å². The van der Waals surface area contributed by atoms with Crippen LogP contribution in [0.3, 0.4) is 0 Å². The topological polar surface area (TPSA) is 85.8 Å². The van der Waals surface area contributed by atoms with Gasteiger partial charge in [0.2, 0.25) is 0 Å². The number of amides is 2. The van der Waals surface area contributed by atoms with Crippen LogP contribution in [0.4, 0.5) is 10.5 Å². The van der Waals surface area contributed by atoms with Gasteiger partial charge in [-0.25, -0.2) is 4.79 Å². The maximum absolute atomic E-state index is 12.1. The fourth-order valence-corrected chi connectivity index (χ4v) is 2.21. The van der Waals surface area contributed by atoms with E-state index in [1.807, 2.05) is 24.0 Å². The molecule has 1 aliphatic rings. The Morgan fingerprint density at radius 1 is 1.29 bits per heavy atom. The van der Waals surface area contributed by atoms with Gasteiger partial charge in [-0.05, 0) is 26.0 Å². The van der Waals surface area contributed by atoms with E-state index in [9.17, 15) is 9.59 Å². The lowest BCUT2D eigenvalue weighted by Crippen LogP contribution is -2.53. The number of carbonyl (C=O) groups excluding carboxylic acids is 1. The minimum Gasteiger partial charge on any atom is -0.480 e. The van der Waals surface area contributed by atoms with Crippen molar-refractivity contribution in [2.24, 2.45) is 0 Å². The highest BCUT2D eigenvalue weighted by Gasteiger charge is 2.27. The maximum atomic E-state index is 12.1. The van der Waals surface area contributed by atoms with Crippen LogP contribution in [-0.2, 0) is 4.79 Å². The third-order valence-electron chi connectivity index (χ3n) is 3.67. The molecule has 0 aromatic carbocycles. The lowest BCUT2D eigenvalue weighted by molar-refractivity contribution is -0.143. The molecule has 0 aliphatic carbocycles. The Morgan fingerprint density at radius 2 is 1.95 bits per heavy atom. The zero-order chi connectivity index (χ0) is 15.4. The lowest BCUT2D eigenvalue weighted by atomic mass is 10.2. The quantitative estimate of drug-likeness (QED) is 0.868. The van der Waals surface area contributed by atoms with Gasteiger partial charge in [-0.15, -0.1) is 0 Å². The fourth-order valence-electron chi connectivity index (χ4n) is 2.21. The summed E-state index contributed by atoms with van der Waals surface area (Å²) in [5.41, 5.74) is 1.55. The van der Waals surface area contributed by atoms with E-state index >= 15 is 0 Å². The molecule has 0 saturated carbocycles. The number of anilines is 1. The SMILES string of the molecule is Cc1ccc(NC(=O)N2CCN(C(C)C(=O)O)CC2)cn1. The van der Waals surface area contributed by atoms with Gasteiger partial charge < -0.3 is 15.3 Å². The van der Waals surface area contributed by atoms with Crippen LogP contribution in [0.1, 0.15) is 12.6 Å². The zero-order valence-electron chi connectivity index (χ0n) is 12.2. The molecular formula is C14H20N4O3. The number of carboxylic acid groups (broad SMARTS) is 1. The molecule has 0 spiro atoms. The van der Waals surface area contributed by atoms with Gasteiger partial charge in [0.05, 0.1) is 11.9 Å². The molecule has 7 nitrogen and oxygen atoms in total. The number of rotatable bonds is 3. The molecule has 1 unspecified atom stereocenters. The van der Waals surface area contributed by atoms with Crippen molar-refractivity contribution in [3.8, 4) is 0 Å². The van der Waals surface area contributed by atoms with Crippen molar-refractivity contribution >= 4 is 17.7 Å². The first-order valence-electron chi connectivity index (χ1n) is 6.93. The van der Waals surface area contributed by atoms with E-state index in [-0.39, 0.29) is 6.03 Å². The van der Waals surface area contributed by atoms with Crippen molar-refractivity contribution < 1.29 is 14.7 Å². The van der Waals surface area contributed by atoms with E-state index in [2.05, 4.69) is 10.3 Å². The first-order chi connectivity index (χ1) is 9.97. The number of hydrogen-bond donors (Lipinski definition) is 2. The average molecular weight is 292 g/mol. The Hall–Kier alpha value is -2.15. The molecule has 1 saturated heterocycles. The predicted octanol–water partition coefficient (Wildman–Crippen LogP) is 1.01. The number of carbonyl (C=O) groups is 2. The number of nitrogens with one attached hydrogen (secondary N) is 1. The minimum atomic E-state index is -0.835. The second kappa shape index (κ2) is 6.53. The van der Waals surface area contributed by atoms with Crippen molar-refractivity contribution in [3.63, 3.8) is 0 Å². The molecule has 0 radical (unpaired) electrons. The standard InChI is InChI=1S/C14H20N4O3/c1-10-3-4-12(9-15-10)16-14(21)18-7-5-17(6-8-18)11(2)13(19)20/h3-4,9,11H,5-8H2,1-2H3,(H,16,21)(H,19,20). The van der Waals surface area contributed by atoms with Gasteiger partial charge in [0.25, 0.3) is 0 Å². The molecule has 1 fully saturated rings. The van der Waals surface area contributed by atoms with E-state index in [0.29, 0.717) is 31.9 Å². The van der Waals surface area contributed by atoms with E-state index < -0.39 is 12.0 Å². The molecule has 2 rings (SSSR count). The predicted molar refractivity (Wildman–Crippen MR) is 78.2 cm³/mol. The van der Waals surface area contributed by atoms with Crippen LogP contribution in [0.2, 0.25) is 0 Å². The van der Waals surface area contributed by atoms with E-state index in [0.717, 1.165) is 5.69 Å². The number of aromatic nitrogens is 1. The summed E-state index contributed by atoms with van der Waals surface area (Å²) in [4.78, 5) is 30.7. The van der Waals surface area contributed by atoms with Gasteiger partial charge in [0.15, 0.2) is 0 Å². The summed E-state index contributed by atoms with van der Waals surface area (Å²) in [6, 6.07) is 2.95. The third kappa shape index (κ3) is 3.91. The van der Waals surface area contributed by atoms with Crippen molar-refractivity contribution in [3.05, 3.63) is 24.0 Å². The molecule has 1 atom stereocenters. The number of piperazine rings is 1. The van der Waals surface area contributed by atoms with Gasteiger partial charge >= 0.3 is 12.0 Å². The largest absolute Gasteiger partial charge is 0.480 e. The molecule has 2 heterocycles. The monoisotopic (exact) mass is 292 g/mol. The summed E-state index contributed by atoms with van der Waals surface area (Å²) in [6.45, 7) is 5.70. The van der Waals surface area contributed by atoms with Gasteiger partial charge in [0.1, 0.15) is 6.04 Å². The Labute approximate surface area is 123 Å². The van der Waals surface area contributed by atoms with Crippen LogP contribution >= 0.6 is 0 Å². The average Bonchev–Trinajstić information content (AvgIpc) is 2.49. The van der Waals surface area contributed by atoms with Crippen molar-refractivity contribution in [2.45, 2.75) is 19.9 Å². The number of urea groups is 1. The van der Waals surface area contributed by atoms with E-state index in [1.165, 1.54) is 0 Å². The smallest absolute Gasteiger partial charge is 0.321 e. The zero-order valence-corrected chi connectivity index (χ0v) is 12.2. The number of hydrogen-bond acceptors (Lipinski definition) is 4. The van der Waals surface area contributed by atoms with Crippen LogP contribution in [-0.4, -0.2) is 64.1 Å². The highest BCUT2D eigenvalue weighted by atomic mass is 16.4. The molecule has 1 aliphatic heterocycles. The molecule has 1 aromatic rings. The van der Waals surface area contributed by atoms with E-state index in [4.69, 9.17) is 5.11 Å². The summed E-state index contributed by atoms with van der Waals surface area (Å²) in [7, 11) is 0. The highest BCUT2D eigenvalue weighted by molar-refractivity contribution is 5.89. The molecule has 21 heavy (non-hydrogen) atoms. The molecule has 1 aromatic heterocycles. The number of carboxylic acids is 1. The van der Waals surface area contributed by atoms with Crippen LogP contribution < -0.4 is 5.32 Å². The Kier molecular flexibility index (Phi) is 4.74. The normalized spacial score (nSPS) is 17.3. The maximum Gasteiger partial charge on any atom is 0.321 e. The first-order valence-corrected chi connectivity index (χ1v) is 6.93. The van der Waals surface area contributed by atoms with Crippen LogP contribution in [0.25, 0.3) is 0 Å². The Balaban J connectivity index is 1.85. The molecule has 2 amide bonds. The van der Waals surface area contributed by atoms with Crippen LogP contribution in [0.15, 0.2) is 18.3 Å². The van der Waals surface area contributed by atoms with Crippen molar-refractivity contribution in [1.29, 1.82) is 0 Å². The summed E-state index contributed by atoms with van der Waals surface area (Å²) in [6.07, 6.45) is 1.62. The summed E-state index contributed by atoms with van der Waals surface area (Å²) in [5.74, 6) is -0.835. The number of nitrogens with zero attached hydrogens (tertiary/aromatic N) is 3. The molecular weight excluding hydrogens is 272 g/mol. The fraction of sp³-hybridized carbons (Fsp3) is 0.500. The summed E-state index contributed by atoms with van der Waals surface area (Å²) in [5, 5.41) is 11.8. The number of pyridine rings is 1. The number of aliphatic carboxylic acids is 1. The highest BCUT2D eigenvalue weighted by Crippen LogP contribution is 2.10. The van der Waals surface area contributed by atoms with Gasteiger partial charge in [0, 0.05) is 31.9 Å². The summed E-state index contributed by atoms with van der Waals surface area (Å²) < 4.78 is 0. The third-order valence-corrected chi connectivity index (χ3v) is 3.67. The van der Waals surface area contributed by atoms with Gasteiger partial charge in [-0.2, -0.15) is 0 Å². The van der Waals surface area contributed by atoms with Crippen molar-refractivity contribution in [2.75, 3.05) is 31.5 Å². The molecule has 7 heteroatoms. The second-order valence-electron chi connectivity index (χ2n) is 5.16. The summed E-state index contributed by atoms with van der Waals surface area (Å²) >= 11 is 0. The number of aryl methyl sites for hydroxylation is 1. The molecule has 2 N–H and O–H groups in total. The minimum absolute atomic E-state index is 0.178. The van der Waals surface area contributed by atoms with Gasteiger partial charge in [-0.1, -0.05) is 0 Å². The van der Waals surface area contributed by atoms with Crippen molar-refractivity contribution in [1.82, 2.24) is 14.8 Å². The van der Waals surface area contributed by atoms with Crippen LogP contribution in [0, 0.1) is 6.92 Å². The second-order valence-corrected chi connectivity index (χ2v) is 5.16. The lowest BCUT2D eigenvalue weighted by Gasteiger charge is -2.36. The Bertz CT molecular complexity index is 509. The van der Waals surface area contributed by atoms with E-state index in [1.54, 1.807) is 18.0 Å². The Morgan fingerprint density at radius 3 is 2.48 bits per heavy atom. The van der Waals surface area contributed by atoms with Crippen LogP contribution in [0.5, 0.6) is 0 Å².